The summed E-state index contributed by atoms with van der Waals surface area (Å²) in [5.41, 5.74) is 1.14. The second kappa shape index (κ2) is 7.02. The van der Waals surface area contributed by atoms with E-state index >= 15 is 0 Å². The summed E-state index contributed by atoms with van der Waals surface area (Å²) < 4.78 is 10.8. The number of carbonyl (C=O) groups is 2. The fraction of sp³-hybridized carbons (Fsp3) is 0.474. The fourth-order valence-corrected chi connectivity index (χ4v) is 2.88. The molecule has 27 heavy (non-hydrogen) atoms. The number of hydrogen-bond acceptors (Lipinski definition) is 6. The average Bonchev–Trinajstić information content (AvgIpc) is 2.97. The number of nitrogens with one attached hydrogen (secondary N) is 1. The van der Waals surface area contributed by atoms with Crippen LogP contribution in [0.3, 0.4) is 0 Å². The molecule has 1 aliphatic heterocycles. The van der Waals surface area contributed by atoms with Crippen LogP contribution in [0.15, 0.2) is 22.7 Å². The maximum Gasteiger partial charge on any atom is 0.252 e. The molecule has 2 amide bonds. The van der Waals surface area contributed by atoms with E-state index in [4.69, 9.17) is 9.26 Å². The van der Waals surface area contributed by atoms with E-state index in [1.165, 1.54) is 4.90 Å². The minimum atomic E-state index is -0.742. The smallest absolute Gasteiger partial charge is 0.252 e. The Balaban J connectivity index is 1.82. The Morgan fingerprint density at radius 1 is 1.37 bits per heavy atom. The lowest BCUT2D eigenvalue weighted by Gasteiger charge is -2.23. The van der Waals surface area contributed by atoms with Gasteiger partial charge in [-0.1, -0.05) is 25.9 Å². The number of aromatic nitrogens is 2. The first-order valence-corrected chi connectivity index (χ1v) is 8.78. The first kappa shape index (κ1) is 18.9. The number of likely N-dealkylation sites (N-methyl/N-ethyl adjacent to an activating group) is 1. The summed E-state index contributed by atoms with van der Waals surface area (Å²) in [5, 5.41) is 6.69. The van der Waals surface area contributed by atoms with E-state index in [0.29, 0.717) is 35.1 Å². The quantitative estimate of drug-likeness (QED) is 0.888. The number of anilines is 1. The van der Waals surface area contributed by atoms with E-state index < -0.39 is 6.04 Å². The third kappa shape index (κ3) is 4.27. The highest BCUT2D eigenvalue weighted by Crippen LogP contribution is 2.34. The zero-order chi connectivity index (χ0) is 19.8. The molecule has 1 atom stereocenters. The van der Waals surface area contributed by atoms with Gasteiger partial charge in [-0.3, -0.25) is 9.59 Å². The molecular formula is C19H24N4O4. The summed E-state index contributed by atoms with van der Waals surface area (Å²) in [5.74, 6) is 1.05. The molecule has 1 aromatic heterocycles. The predicted molar refractivity (Wildman–Crippen MR) is 99.4 cm³/mol. The van der Waals surface area contributed by atoms with Crippen molar-refractivity contribution in [3.8, 4) is 17.1 Å². The zero-order valence-electron chi connectivity index (χ0n) is 16.2. The number of amides is 2. The van der Waals surface area contributed by atoms with Crippen LogP contribution >= 0.6 is 0 Å². The number of benzene rings is 1. The molecule has 8 nitrogen and oxygen atoms in total. The van der Waals surface area contributed by atoms with Crippen molar-refractivity contribution in [2.24, 2.45) is 5.41 Å². The van der Waals surface area contributed by atoms with Crippen LogP contribution in [0.5, 0.6) is 5.75 Å². The molecule has 0 saturated carbocycles. The molecule has 8 heteroatoms. The molecule has 0 bridgehead atoms. The number of hydrogen-bond donors (Lipinski definition) is 1. The second-order valence-electron chi connectivity index (χ2n) is 7.89. The van der Waals surface area contributed by atoms with Crippen molar-refractivity contribution in [3.63, 3.8) is 0 Å². The SMILES string of the molecule is Cc1nc(-c2ccc3c(c2)N(C)C(=O)[C@@H](NC(=O)CC(C)(C)C)CO3)no1. The van der Waals surface area contributed by atoms with Crippen molar-refractivity contribution in [1.82, 2.24) is 15.5 Å². The third-order valence-corrected chi connectivity index (χ3v) is 4.17. The van der Waals surface area contributed by atoms with Crippen molar-refractivity contribution in [3.05, 3.63) is 24.1 Å². The summed E-state index contributed by atoms with van der Waals surface area (Å²) in [6.45, 7) is 7.71. The van der Waals surface area contributed by atoms with Crippen LogP contribution in [0.1, 0.15) is 33.1 Å². The van der Waals surface area contributed by atoms with Crippen molar-refractivity contribution >= 4 is 17.5 Å². The molecule has 1 aliphatic rings. The Labute approximate surface area is 157 Å². The summed E-state index contributed by atoms with van der Waals surface area (Å²) in [4.78, 5) is 30.8. The lowest BCUT2D eigenvalue weighted by atomic mass is 9.92. The van der Waals surface area contributed by atoms with Crippen LogP contribution in [0.2, 0.25) is 0 Å². The van der Waals surface area contributed by atoms with Gasteiger partial charge in [0.25, 0.3) is 5.91 Å². The Bertz CT molecular complexity index is 869. The van der Waals surface area contributed by atoms with E-state index in [1.807, 2.05) is 20.8 Å². The Kier molecular flexibility index (Phi) is 4.91. The summed E-state index contributed by atoms with van der Waals surface area (Å²) in [6, 6.07) is 4.60. The Morgan fingerprint density at radius 2 is 2.11 bits per heavy atom. The van der Waals surface area contributed by atoms with Gasteiger partial charge in [-0.05, 0) is 23.6 Å². The number of nitrogens with zero attached hydrogens (tertiary/aromatic N) is 3. The van der Waals surface area contributed by atoms with Gasteiger partial charge in [-0.15, -0.1) is 0 Å². The first-order valence-electron chi connectivity index (χ1n) is 8.78. The maximum atomic E-state index is 12.8. The molecule has 0 spiro atoms. The molecule has 3 rings (SSSR count). The Hall–Kier alpha value is -2.90. The lowest BCUT2D eigenvalue weighted by molar-refractivity contribution is -0.129. The van der Waals surface area contributed by atoms with Gasteiger partial charge in [-0.2, -0.15) is 4.98 Å². The number of fused-ring (bicyclic) bond motifs is 1. The highest BCUT2D eigenvalue weighted by Gasteiger charge is 2.31. The normalized spacial score (nSPS) is 17.1. The molecule has 0 fully saturated rings. The molecule has 2 heterocycles. The summed E-state index contributed by atoms with van der Waals surface area (Å²) >= 11 is 0. The van der Waals surface area contributed by atoms with Crippen LogP contribution in [-0.4, -0.2) is 41.7 Å². The van der Waals surface area contributed by atoms with Crippen LogP contribution in [0, 0.1) is 12.3 Å². The monoisotopic (exact) mass is 372 g/mol. The maximum absolute atomic E-state index is 12.8. The molecule has 1 aromatic carbocycles. The van der Waals surface area contributed by atoms with E-state index in [0.717, 1.165) is 0 Å². The van der Waals surface area contributed by atoms with Crippen LogP contribution in [-0.2, 0) is 9.59 Å². The van der Waals surface area contributed by atoms with Crippen molar-refractivity contribution < 1.29 is 18.8 Å². The summed E-state index contributed by atoms with van der Waals surface area (Å²) in [7, 11) is 1.66. The number of aryl methyl sites for hydroxylation is 1. The highest BCUT2D eigenvalue weighted by molar-refractivity contribution is 6.01. The second-order valence-corrected chi connectivity index (χ2v) is 7.89. The standard InChI is InChI=1S/C19H24N4O4/c1-11-20-17(22-27-11)12-6-7-15-14(8-12)23(5)18(25)13(10-26-15)21-16(24)9-19(2,3)4/h6-8,13H,9-10H2,1-5H3,(H,21,24)/t13-/m0/s1. The molecule has 0 saturated heterocycles. The van der Waals surface area contributed by atoms with Gasteiger partial charge in [-0.25, -0.2) is 0 Å². The topological polar surface area (TPSA) is 97.6 Å². The van der Waals surface area contributed by atoms with Gasteiger partial charge in [0.15, 0.2) is 0 Å². The van der Waals surface area contributed by atoms with E-state index in [-0.39, 0.29) is 23.8 Å². The van der Waals surface area contributed by atoms with E-state index in [9.17, 15) is 9.59 Å². The zero-order valence-corrected chi connectivity index (χ0v) is 16.2. The third-order valence-electron chi connectivity index (χ3n) is 4.17. The predicted octanol–water partition coefficient (Wildman–Crippen LogP) is 2.32. The van der Waals surface area contributed by atoms with Crippen molar-refractivity contribution in [2.45, 2.75) is 40.2 Å². The van der Waals surface area contributed by atoms with Crippen LogP contribution in [0.4, 0.5) is 5.69 Å². The molecular weight excluding hydrogens is 348 g/mol. The van der Waals surface area contributed by atoms with E-state index in [1.54, 1.807) is 32.2 Å². The largest absolute Gasteiger partial charge is 0.489 e. The van der Waals surface area contributed by atoms with Crippen LogP contribution in [0.25, 0.3) is 11.4 Å². The summed E-state index contributed by atoms with van der Waals surface area (Å²) in [6.07, 6.45) is 0.328. The highest BCUT2D eigenvalue weighted by atomic mass is 16.5. The number of ether oxygens (including phenoxy) is 1. The molecule has 0 aliphatic carbocycles. The van der Waals surface area contributed by atoms with Gasteiger partial charge in [0.1, 0.15) is 18.4 Å². The first-order chi connectivity index (χ1) is 12.6. The molecule has 0 unspecified atom stereocenters. The molecule has 1 N–H and O–H groups in total. The lowest BCUT2D eigenvalue weighted by Crippen LogP contribution is -2.49. The molecule has 144 valence electrons. The fourth-order valence-electron chi connectivity index (χ4n) is 2.88. The number of rotatable bonds is 3. The van der Waals surface area contributed by atoms with Crippen molar-refractivity contribution in [2.75, 3.05) is 18.6 Å². The van der Waals surface area contributed by atoms with Gasteiger partial charge in [0.2, 0.25) is 17.6 Å². The minimum Gasteiger partial charge on any atom is -0.489 e. The molecule has 0 radical (unpaired) electrons. The van der Waals surface area contributed by atoms with Gasteiger partial charge < -0.3 is 19.5 Å². The van der Waals surface area contributed by atoms with Crippen molar-refractivity contribution in [1.29, 1.82) is 0 Å². The average molecular weight is 372 g/mol. The van der Waals surface area contributed by atoms with Crippen LogP contribution < -0.4 is 15.0 Å². The van der Waals surface area contributed by atoms with Gasteiger partial charge in [0.05, 0.1) is 5.69 Å². The van der Waals surface area contributed by atoms with Gasteiger partial charge in [0, 0.05) is 26.0 Å². The minimum absolute atomic E-state index is 0.0761. The van der Waals surface area contributed by atoms with E-state index in [2.05, 4.69) is 15.5 Å². The van der Waals surface area contributed by atoms with Gasteiger partial charge >= 0.3 is 0 Å². The Morgan fingerprint density at radius 3 is 2.74 bits per heavy atom. The number of carbonyl (C=O) groups excluding carboxylic acids is 2. The molecule has 2 aromatic rings.